The van der Waals surface area contributed by atoms with Crippen molar-refractivity contribution in [2.24, 2.45) is 5.92 Å². The number of hydrogen-bond acceptors (Lipinski definition) is 2. The Morgan fingerprint density at radius 1 is 1.14 bits per heavy atom. The summed E-state index contributed by atoms with van der Waals surface area (Å²) in [6.07, 6.45) is 7.47. The third-order valence-corrected chi connectivity index (χ3v) is 6.96. The molecular formula is C25H30ClNO2. The average Bonchev–Trinajstić information content (AvgIpc) is 3.15. The second-order valence-corrected chi connectivity index (χ2v) is 8.98. The largest absolute Gasteiger partial charge is 0.497 e. The normalized spacial score (nSPS) is 22.2. The second kappa shape index (κ2) is 8.79. The number of carbonyl (C=O) groups excluding carboxylic acids is 1. The Balaban J connectivity index is 1.46. The Morgan fingerprint density at radius 2 is 2.00 bits per heavy atom. The maximum absolute atomic E-state index is 12.1. The fraction of sp³-hybridized carbons (Fsp3) is 0.480. The standard InChI is InChI=1S/C25H30ClNO2/c1-17-13-22(29-2)10-11-23(17)19-8-9-20(24(26)16-19)14-18-5-3-6-21(15-18)27-12-4-7-25(27)28/h8-11,13,16,18,21H,3-7,12,14-15H2,1-2H3. The minimum Gasteiger partial charge on any atom is -0.497 e. The Labute approximate surface area is 179 Å². The van der Waals surface area contributed by atoms with Gasteiger partial charge in [0.25, 0.3) is 0 Å². The van der Waals surface area contributed by atoms with Gasteiger partial charge >= 0.3 is 0 Å². The summed E-state index contributed by atoms with van der Waals surface area (Å²) in [6, 6.07) is 13.0. The second-order valence-electron chi connectivity index (χ2n) is 8.57. The van der Waals surface area contributed by atoms with Crippen LogP contribution in [0.4, 0.5) is 0 Å². The highest BCUT2D eigenvalue weighted by Gasteiger charge is 2.32. The van der Waals surface area contributed by atoms with Crippen LogP contribution in [0.5, 0.6) is 5.75 Å². The molecule has 1 aliphatic carbocycles. The van der Waals surface area contributed by atoms with Gasteiger partial charge in [0.15, 0.2) is 0 Å². The topological polar surface area (TPSA) is 29.5 Å². The van der Waals surface area contributed by atoms with Crippen molar-refractivity contribution in [3.8, 4) is 16.9 Å². The SMILES string of the molecule is COc1ccc(-c2ccc(CC3CCCC(N4CCCC4=O)C3)c(Cl)c2)c(C)c1. The van der Waals surface area contributed by atoms with Crippen molar-refractivity contribution in [2.75, 3.05) is 13.7 Å². The van der Waals surface area contributed by atoms with Crippen molar-refractivity contribution < 1.29 is 9.53 Å². The van der Waals surface area contributed by atoms with E-state index in [1.807, 2.05) is 6.07 Å². The van der Waals surface area contributed by atoms with Crippen LogP contribution >= 0.6 is 11.6 Å². The molecule has 2 atom stereocenters. The van der Waals surface area contributed by atoms with E-state index in [9.17, 15) is 4.79 Å². The quantitative estimate of drug-likeness (QED) is 0.599. The number of ether oxygens (including phenoxy) is 1. The number of aryl methyl sites for hydroxylation is 1. The summed E-state index contributed by atoms with van der Waals surface area (Å²) in [5.74, 6) is 1.83. The molecule has 2 unspecified atom stereocenters. The molecule has 0 N–H and O–H groups in total. The van der Waals surface area contributed by atoms with Crippen LogP contribution < -0.4 is 4.74 Å². The van der Waals surface area contributed by atoms with E-state index in [2.05, 4.69) is 42.2 Å². The molecule has 2 aromatic carbocycles. The number of amides is 1. The number of nitrogens with zero attached hydrogens (tertiary/aromatic N) is 1. The first kappa shape index (κ1) is 20.3. The lowest BCUT2D eigenvalue weighted by atomic mass is 9.81. The molecular weight excluding hydrogens is 382 g/mol. The maximum atomic E-state index is 12.1. The highest BCUT2D eigenvalue weighted by molar-refractivity contribution is 6.31. The molecule has 3 nitrogen and oxygen atoms in total. The molecule has 154 valence electrons. The van der Waals surface area contributed by atoms with Crippen LogP contribution in [0.2, 0.25) is 5.02 Å². The van der Waals surface area contributed by atoms with E-state index < -0.39 is 0 Å². The van der Waals surface area contributed by atoms with E-state index in [1.54, 1.807) is 7.11 Å². The Bertz CT molecular complexity index is 894. The van der Waals surface area contributed by atoms with Crippen LogP contribution in [0.25, 0.3) is 11.1 Å². The first-order valence-corrected chi connectivity index (χ1v) is 11.2. The molecule has 1 amide bonds. The predicted molar refractivity (Wildman–Crippen MR) is 119 cm³/mol. The van der Waals surface area contributed by atoms with E-state index in [-0.39, 0.29) is 0 Å². The van der Waals surface area contributed by atoms with Crippen LogP contribution in [0.1, 0.15) is 49.7 Å². The molecule has 1 saturated carbocycles. The first-order chi connectivity index (χ1) is 14.0. The lowest BCUT2D eigenvalue weighted by molar-refractivity contribution is -0.130. The molecule has 2 aromatic rings. The zero-order valence-electron chi connectivity index (χ0n) is 17.4. The minimum atomic E-state index is 0.355. The Morgan fingerprint density at radius 3 is 2.69 bits per heavy atom. The zero-order chi connectivity index (χ0) is 20.4. The van der Waals surface area contributed by atoms with Crippen LogP contribution in [-0.2, 0) is 11.2 Å². The molecule has 29 heavy (non-hydrogen) atoms. The number of hydrogen-bond donors (Lipinski definition) is 0. The molecule has 4 rings (SSSR count). The van der Waals surface area contributed by atoms with Gasteiger partial charge in [0, 0.05) is 24.0 Å². The van der Waals surface area contributed by atoms with Crippen LogP contribution in [0, 0.1) is 12.8 Å². The average molecular weight is 412 g/mol. The van der Waals surface area contributed by atoms with Crippen molar-refractivity contribution in [3.63, 3.8) is 0 Å². The van der Waals surface area contributed by atoms with Gasteiger partial charge < -0.3 is 9.64 Å². The van der Waals surface area contributed by atoms with E-state index in [1.165, 1.54) is 29.5 Å². The molecule has 0 bridgehead atoms. The lowest BCUT2D eigenvalue weighted by Crippen LogP contribution is -2.39. The highest BCUT2D eigenvalue weighted by atomic mass is 35.5. The van der Waals surface area contributed by atoms with Gasteiger partial charge in [-0.15, -0.1) is 0 Å². The summed E-state index contributed by atoms with van der Waals surface area (Å²) in [6.45, 7) is 3.05. The summed E-state index contributed by atoms with van der Waals surface area (Å²) in [5, 5.41) is 0.845. The maximum Gasteiger partial charge on any atom is 0.222 e. The van der Waals surface area contributed by atoms with Crippen molar-refractivity contribution in [1.82, 2.24) is 4.90 Å². The summed E-state index contributed by atoms with van der Waals surface area (Å²) in [7, 11) is 1.69. The number of likely N-dealkylation sites (tertiary alicyclic amines) is 1. The Hall–Kier alpha value is -2.00. The molecule has 0 aromatic heterocycles. The zero-order valence-corrected chi connectivity index (χ0v) is 18.2. The van der Waals surface area contributed by atoms with E-state index in [0.717, 1.165) is 55.0 Å². The van der Waals surface area contributed by atoms with Crippen molar-refractivity contribution in [2.45, 2.75) is 57.9 Å². The van der Waals surface area contributed by atoms with Gasteiger partial charge in [0.1, 0.15) is 5.75 Å². The van der Waals surface area contributed by atoms with Gasteiger partial charge in [-0.05, 0) is 85.4 Å². The van der Waals surface area contributed by atoms with Crippen molar-refractivity contribution in [1.29, 1.82) is 0 Å². The van der Waals surface area contributed by atoms with E-state index in [4.69, 9.17) is 16.3 Å². The number of halogens is 1. The van der Waals surface area contributed by atoms with E-state index >= 15 is 0 Å². The minimum absolute atomic E-state index is 0.355. The van der Waals surface area contributed by atoms with Gasteiger partial charge in [-0.2, -0.15) is 0 Å². The van der Waals surface area contributed by atoms with Crippen molar-refractivity contribution >= 4 is 17.5 Å². The summed E-state index contributed by atoms with van der Waals surface area (Å²) in [5.41, 5.74) is 4.73. The van der Waals surface area contributed by atoms with Crippen LogP contribution in [0.15, 0.2) is 36.4 Å². The summed E-state index contributed by atoms with van der Waals surface area (Å²) in [4.78, 5) is 14.3. The van der Waals surface area contributed by atoms with Crippen LogP contribution in [0.3, 0.4) is 0 Å². The highest BCUT2D eigenvalue weighted by Crippen LogP contribution is 2.35. The van der Waals surface area contributed by atoms with Gasteiger partial charge in [-0.1, -0.05) is 36.2 Å². The molecule has 1 saturated heterocycles. The van der Waals surface area contributed by atoms with Crippen LogP contribution in [-0.4, -0.2) is 30.5 Å². The van der Waals surface area contributed by atoms with Gasteiger partial charge in [0.2, 0.25) is 5.91 Å². The molecule has 0 radical (unpaired) electrons. The molecule has 4 heteroatoms. The third-order valence-electron chi connectivity index (χ3n) is 6.61. The number of rotatable bonds is 5. The Kier molecular flexibility index (Phi) is 6.15. The van der Waals surface area contributed by atoms with Gasteiger partial charge in [-0.25, -0.2) is 0 Å². The van der Waals surface area contributed by atoms with Gasteiger partial charge in [0.05, 0.1) is 7.11 Å². The third kappa shape index (κ3) is 4.45. The molecule has 1 aliphatic heterocycles. The number of benzene rings is 2. The fourth-order valence-corrected chi connectivity index (χ4v) is 5.32. The smallest absolute Gasteiger partial charge is 0.222 e. The summed E-state index contributed by atoms with van der Waals surface area (Å²) >= 11 is 6.71. The first-order valence-electron chi connectivity index (χ1n) is 10.8. The number of methoxy groups -OCH3 is 1. The summed E-state index contributed by atoms with van der Waals surface area (Å²) < 4.78 is 5.31. The molecule has 1 heterocycles. The fourth-order valence-electron chi connectivity index (χ4n) is 5.06. The lowest BCUT2D eigenvalue weighted by Gasteiger charge is -2.35. The van der Waals surface area contributed by atoms with Gasteiger partial charge in [-0.3, -0.25) is 4.79 Å². The van der Waals surface area contributed by atoms with E-state index in [0.29, 0.717) is 17.9 Å². The molecule has 2 fully saturated rings. The molecule has 0 spiro atoms. The monoisotopic (exact) mass is 411 g/mol. The van der Waals surface area contributed by atoms with Crippen molar-refractivity contribution in [3.05, 3.63) is 52.5 Å². The molecule has 2 aliphatic rings. The predicted octanol–water partition coefficient (Wildman–Crippen LogP) is 6.05. The number of carbonyl (C=O) groups is 1.